The van der Waals surface area contributed by atoms with Gasteiger partial charge in [-0.2, -0.15) is 0 Å². The second-order valence-corrected chi connectivity index (χ2v) is 11.6. The van der Waals surface area contributed by atoms with Crippen LogP contribution < -0.4 is 10.6 Å². The first kappa shape index (κ1) is 33.0. The number of fused-ring (bicyclic) bond motifs is 1. The van der Waals surface area contributed by atoms with Gasteiger partial charge in [-0.1, -0.05) is 30.7 Å². The number of hydrogen-bond acceptors (Lipinski definition) is 8. The van der Waals surface area contributed by atoms with Crippen molar-refractivity contribution in [2.24, 2.45) is 5.73 Å². The Balaban J connectivity index is 0.00000462. The van der Waals surface area contributed by atoms with Crippen LogP contribution >= 0.6 is 24.0 Å². The topological polar surface area (TPSA) is 119 Å². The monoisotopic (exact) mass is 607 g/mol. The van der Waals surface area contributed by atoms with Crippen LogP contribution in [0.4, 0.5) is 5.82 Å². The maximum atomic E-state index is 14.1. The average molecular weight is 609 g/mol. The molecule has 2 heterocycles. The van der Waals surface area contributed by atoms with Crippen LogP contribution in [0.3, 0.4) is 0 Å². The first-order valence-corrected chi connectivity index (χ1v) is 14.5. The molecule has 3 N–H and O–H groups in total. The number of carbonyl (C=O) groups excluding carboxylic acids is 2. The summed E-state index contributed by atoms with van der Waals surface area (Å²) in [4.78, 5) is 43.0. The van der Waals surface area contributed by atoms with E-state index >= 15 is 0 Å². The van der Waals surface area contributed by atoms with Crippen LogP contribution in [0.15, 0.2) is 30.6 Å². The highest BCUT2D eigenvalue weighted by Gasteiger charge is 2.35. The van der Waals surface area contributed by atoms with Gasteiger partial charge in [-0.25, -0.2) is 9.97 Å². The molecule has 0 radical (unpaired) electrons. The van der Waals surface area contributed by atoms with Crippen molar-refractivity contribution in [2.75, 3.05) is 64.3 Å². The fraction of sp³-hybridized carbons (Fsp3) is 0.586. The van der Waals surface area contributed by atoms with Crippen molar-refractivity contribution in [3.05, 3.63) is 52.4 Å². The molecule has 41 heavy (non-hydrogen) atoms. The van der Waals surface area contributed by atoms with E-state index in [9.17, 15) is 14.7 Å². The van der Waals surface area contributed by atoms with Gasteiger partial charge in [0, 0.05) is 69.5 Å². The van der Waals surface area contributed by atoms with Gasteiger partial charge >= 0.3 is 0 Å². The number of hydrogen-bond donors (Lipinski definition) is 2. The quantitative estimate of drug-likeness (QED) is 0.423. The Labute approximate surface area is 254 Å². The van der Waals surface area contributed by atoms with Crippen molar-refractivity contribution in [1.82, 2.24) is 24.7 Å². The maximum Gasteiger partial charge on any atom is 0.236 e. The molecule has 12 heteroatoms. The van der Waals surface area contributed by atoms with E-state index in [1.54, 1.807) is 11.9 Å². The summed E-state index contributed by atoms with van der Waals surface area (Å²) in [6.07, 6.45) is 1.64. The number of aromatic nitrogens is 2. The number of nitrogens with two attached hydrogens (primary N) is 1. The van der Waals surface area contributed by atoms with Gasteiger partial charge in [0.15, 0.2) is 0 Å². The Hall–Kier alpha value is -2.50. The number of amides is 2. The highest BCUT2D eigenvalue weighted by molar-refractivity contribution is 6.30. The summed E-state index contributed by atoms with van der Waals surface area (Å²) < 4.78 is 0. The van der Waals surface area contributed by atoms with Crippen LogP contribution in [0.1, 0.15) is 62.0 Å². The zero-order chi connectivity index (χ0) is 29.0. The number of anilines is 1. The molecule has 10 nitrogen and oxygen atoms in total. The molecule has 0 bridgehead atoms. The minimum absolute atomic E-state index is 0. The summed E-state index contributed by atoms with van der Waals surface area (Å²) in [7, 11) is 1.75. The summed E-state index contributed by atoms with van der Waals surface area (Å²) >= 11 is 6.18. The number of aliphatic hydroxyl groups is 1. The Kier molecular flexibility index (Phi) is 11.8. The summed E-state index contributed by atoms with van der Waals surface area (Å²) in [5.41, 5.74) is 8.21. The smallest absolute Gasteiger partial charge is 0.236 e. The Morgan fingerprint density at radius 1 is 1.12 bits per heavy atom. The lowest BCUT2D eigenvalue weighted by Gasteiger charge is -2.39. The van der Waals surface area contributed by atoms with Crippen molar-refractivity contribution < 1.29 is 14.7 Å². The van der Waals surface area contributed by atoms with Gasteiger partial charge in [-0.3, -0.25) is 14.5 Å². The molecule has 2 amide bonds. The number of carbonyl (C=O) groups is 2. The normalized spacial score (nSPS) is 19.2. The largest absolute Gasteiger partial charge is 0.387 e. The highest BCUT2D eigenvalue weighted by atomic mass is 35.5. The molecule has 1 aromatic carbocycles. The lowest BCUT2D eigenvalue weighted by Crippen LogP contribution is -2.52. The Morgan fingerprint density at radius 3 is 2.39 bits per heavy atom. The van der Waals surface area contributed by atoms with Crippen molar-refractivity contribution in [3.8, 4) is 0 Å². The average Bonchev–Trinajstić information content (AvgIpc) is 3.25. The predicted octanol–water partition coefficient (Wildman–Crippen LogP) is 2.65. The van der Waals surface area contributed by atoms with Gasteiger partial charge in [0.25, 0.3) is 0 Å². The van der Waals surface area contributed by atoms with E-state index in [1.165, 1.54) is 6.33 Å². The molecule has 0 saturated carbocycles. The molecule has 1 aliphatic carbocycles. The number of likely N-dealkylation sites (N-methyl/N-ethyl adjacent to an activating group) is 1. The van der Waals surface area contributed by atoms with Crippen molar-refractivity contribution in [1.29, 1.82) is 0 Å². The minimum Gasteiger partial charge on any atom is -0.387 e. The zero-order valence-corrected chi connectivity index (χ0v) is 25.9. The molecular formula is C29H43Cl2N7O3. The summed E-state index contributed by atoms with van der Waals surface area (Å²) in [5.74, 6) is 0.662. The second kappa shape index (κ2) is 14.6. The number of benzene rings is 1. The van der Waals surface area contributed by atoms with Crippen LogP contribution in [0, 0.1) is 0 Å². The summed E-state index contributed by atoms with van der Waals surface area (Å²) in [5, 5.41) is 11.0. The summed E-state index contributed by atoms with van der Waals surface area (Å²) in [6, 6.07) is 7.70. The summed E-state index contributed by atoms with van der Waals surface area (Å²) in [6.45, 7) is 10.4. The maximum absolute atomic E-state index is 14.1. The van der Waals surface area contributed by atoms with Crippen molar-refractivity contribution >= 4 is 41.6 Å². The molecule has 0 spiro atoms. The second-order valence-electron chi connectivity index (χ2n) is 11.2. The number of halogens is 2. The molecule has 2 aromatic rings. The highest BCUT2D eigenvalue weighted by Crippen LogP contribution is 2.42. The fourth-order valence-electron chi connectivity index (χ4n) is 5.69. The van der Waals surface area contributed by atoms with Crippen LogP contribution in [0.5, 0.6) is 0 Å². The van der Waals surface area contributed by atoms with Crippen molar-refractivity contribution in [2.45, 2.75) is 51.2 Å². The van der Waals surface area contributed by atoms with E-state index in [4.69, 9.17) is 17.3 Å². The molecule has 226 valence electrons. The number of nitrogens with zero attached hydrogens (tertiary/aromatic N) is 6. The zero-order valence-electron chi connectivity index (χ0n) is 24.4. The molecule has 1 fully saturated rings. The standard InChI is InChI=1S/C29H42ClN7O3.ClH/c1-19(2)37(10-9-34(4)25(39)16-31)17-23(21-5-7-22(30)8-6-21)29(40)36-13-11-35(12-14-36)28-26-20(3)15-24(38)27(26)32-18-33-28;/h5-8,18-20,23-24,38H,9-17,31H2,1-4H3;1H/t20-,23-,24-;/m1./s1. The first-order valence-electron chi connectivity index (χ1n) is 14.1. The van der Waals surface area contributed by atoms with Gasteiger partial charge in [0.05, 0.1) is 24.3 Å². The van der Waals surface area contributed by atoms with E-state index in [0.717, 1.165) is 22.6 Å². The molecule has 1 aliphatic heterocycles. The molecule has 3 atom stereocenters. The third kappa shape index (κ3) is 7.67. The fourth-order valence-corrected chi connectivity index (χ4v) is 5.81. The molecule has 1 saturated heterocycles. The van der Waals surface area contributed by atoms with E-state index < -0.39 is 6.10 Å². The first-order chi connectivity index (χ1) is 19.1. The molecular weight excluding hydrogens is 565 g/mol. The van der Waals surface area contributed by atoms with Gasteiger partial charge < -0.3 is 25.5 Å². The SMILES string of the molecule is CC(C)N(CCN(C)C(=O)CN)C[C@@H](C(=O)N1CCN(c2ncnc3c2[C@H](C)C[C@H]3O)CC1)c1ccc(Cl)cc1.Cl. The van der Waals surface area contributed by atoms with Crippen LogP contribution in [-0.2, 0) is 9.59 Å². The van der Waals surface area contributed by atoms with E-state index in [0.29, 0.717) is 57.3 Å². The van der Waals surface area contributed by atoms with Crippen LogP contribution in [-0.4, -0.2) is 107 Å². The van der Waals surface area contributed by atoms with Crippen LogP contribution in [0.25, 0.3) is 0 Å². The minimum atomic E-state index is -0.549. The lowest BCUT2D eigenvalue weighted by atomic mass is 9.95. The van der Waals surface area contributed by atoms with Crippen LogP contribution in [0.2, 0.25) is 5.02 Å². The van der Waals surface area contributed by atoms with Gasteiger partial charge in [0.1, 0.15) is 12.1 Å². The molecule has 1 aromatic heterocycles. The molecule has 0 unspecified atom stereocenters. The van der Waals surface area contributed by atoms with E-state index in [1.807, 2.05) is 29.2 Å². The number of rotatable bonds is 10. The molecule has 4 rings (SSSR count). The van der Waals surface area contributed by atoms with Gasteiger partial charge in [-0.05, 0) is 43.9 Å². The Morgan fingerprint density at radius 2 is 1.78 bits per heavy atom. The van der Waals surface area contributed by atoms with E-state index in [-0.39, 0.29) is 48.6 Å². The van der Waals surface area contributed by atoms with Gasteiger partial charge in [-0.15, -0.1) is 12.4 Å². The third-order valence-corrected chi connectivity index (χ3v) is 8.46. The third-order valence-electron chi connectivity index (χ3n) is 8.21. The van der Waals surface area contributed by atoms with E-state index in [2.05, 4.69) is 40.5 Å². The van der Waals surface area contributed by atoms with Crippen molar-refractivity contribution in [3.63, 3.8) is 0 Å². The van der Waals surface area contributed by atoms with Gasteiger partial charge in [0.2, 0.25) is 11.8 Å². The Bertz CT molecular complexity index is 1180. The predicted molar refractivity (Wildman–Crippen MR) is 164 cm³/mol. The molecule has 2 aliphatic rings. The number of piperazine rings is 1. The lowest BCUT2D eigenvalue weighted by molar-refractivity contribution is -0.134. The number of aliphatic hydroxyl groups excluding tert-OH is 1.